The molecule has 2 aliphatic rings. The molecule has 0 aromatic carbocycles. The summed E-state index contributed by atoms with van der Waals surface area (Å²) in [6, 6.07) is -2.77. The molecule has 2 saturated carbocycles. The SMILES string of the molecule is O=C(O)N(CC(F)(F)C(F)(F)C(F)(F)C(F)F)C1CCC(CC2CCC(N(CC(F)(F)C(F)(F)C(F)(F)C(F)F)C(=O)O)CC2)CC1. The zero-order valence-electron chi connectivity index (χ0n) is 23.9. The average Bonchev–Trinajstić information content (AvgIpc) is 2.94. The Morgan fingerprint density at radius 3 is 1.00 bits per heavy atom. The largest absolute Gasteiger partial charge is 0.465 e. The van der Waals surface area contributed by atoms with Crippen molar-refractivity contribution >= 4 is 12.2 Å². The van der Waals surface area contributed by atoms with Gasteiger partial charge in [-0.3, -0.25) is 9.80 Å². The molecule has 2 amide bonds. The molecular weight excluding hydrogens is 696 g/mol. The Morgan fingerprint density at radius 1 is 0.532 bits per heavy atom. The second-order valence-electron chi connectivity index (χ2n) is 11.8. The van der Waals surface area contributed by atoms with Crippen molar-refractivity contribution in [3.8, 4) is 0 Å². The van der Waals surface area contributed by atoms with Gasteiger partial charge in [0, 0.05) is 12.1 Å². The molecule has 0 saturated heterocycles. The summed E-state index contributed by atoms with van der Waals surface area (Å²) >= 11 is 0. The summed E-state index contributed by atoms with van der Waals surface area (Å²) in [4.78, 5) is 22.6. The number of rotatable bonds is 14. The molecule has 47 heavy (non-hydrogen) atoms. The number of alkyl halides is 16. The van der Waals surface area contributed by atoms with Gasteiger partial charge in [-0.15, -0.1) is 0 Å². The first-order chi connectivity index (χ1) is 21.1. The van der Waals surface area contributed by atoms with Crippen LogP contribution in [0.1, 0.15) is 57.8 Å². The van der Waals surface area contributed by atoms with Crippen LogP contribution in [0.3, 0.4) is 0 Å². The Morgan fingerprint density at radius 2 is 0.787 bits per heavy atom. The lowest BCUT2D eigenvalue weighted by Gasteiger charge is -2.41. The third-order valence-corrected chi connectivity index (χ3v) is 8.71. The number of hydrogen-bond donors (Lipinski definition) is 2. The first-order valence-electron chi connectivity index (χ1n) is 14.0. The fourth-order valence-corrected chi connectivity index (χ4v) is 5.95. The Bertz CT molecular complexity index is 995. The topological polar surface area (TPSA) is 81.1 Å². The van der Waals surface area contributed by atoms with E-state index in [2.05, 4.69) is 0 Å². The summed E-state index contributed by atoms with van der Waals surface area (Å²) in [6.07, 6.45) is -15.1. The van der Waals surface area contributed by atoms with E-state index >= 15 is 0 Å². The first kappa shape index (κ1) is 40.6. The van der Waals surface area contributed by atoms with Crippen LogP contribution in [0, 0.1) is 11.8 Å². The highest BCUT2D eigenvalue weighted by Crippen LogP contribution is 2.51. The Kier molecular flexibility index (Phi) is 12.2. The van der Waals surface area contributed by atoms with E-state index in [4.69, 9.17) is 0 Å². The van der Waals surface area contributed by atoms with Gasteiger partial charge in [-0.25, -0.2) is 27.2 Å². The predicted octanol–water partition coefficient (Wildman–Crippen LogP) is 8.80. The molecule has 276 valence electrons. The highest BCUT2D eigenvalue weighted by Gasteiger charge is 2.76. The smallest absolute Gasteiger partial charge is 0.407 e. The van der Waals surface area contributed by atoms with E-state index in [1.165, 1.54) is 0 Å². The quantitative estimate of drug-likeness (QED) is 0.176. The van der Waals surface area contributed by atoms with Crippen LogP contribution in [0.4, 0.5) is 79.8 Å². The van der Waals surface area contributed by atoms with E-state index in [0.717, 1.165) is 0 Å². The molecule has 22 heteroatoms. The van der Waals surface area contributed by atoms with Crippen LogP contribution in [-0.4, -0.2) is 106 Å². The number of amides is 2. The molecule has 2 fully saturated rings. The summed E-state index contributed by atoms with van der Waals surface area (Å²) in [5, 5.41) is 18.6. The first-order valence-corrected chi connectivity index (χ1v) is 14.0. The highest BCUT2D eigenvalue weighted by atomic mass is 19.4. The minimum atomic E-state index is -6.61. The van der Waals surface area contributed by atoms with Gasteiger partial charge in [0.1, 0.15) is 0 Å². The van der Waals surface area contributed by atoms with Crippen LogP contribution < -0.4 is 0 Å². The maximum Gasteiger partial charge on any atom is 0.407 e. The molecule has 0 heterocycles. The fraction of sp³-hybridized carbons (Fsp3) is 0.920. The summed E-state index contributed by atoms with van der Waals surface area (Å²) in [7, 11) is 0. The van der Waals surface area contributed by atoms with Crippen molar-refractivity contribution in [2.75, 3.05) is 13.1 Å². The second kappa shape index (κ2) is 14.1. The summed E-state index contributed by atoms with van der Waals surface area (Å²) in [5.74, 6) is -38.5. The van der Waals surface area contributed by atoms with E-state index in [9.17, 15) is 90.0 Å². The zero-order chi connectivity index (χ0) is 36.6. The molecule has 0 aromatic rings. The molecule has 2 N–H and O–H groups in total. The van der Waals surface area contributed by atoms with Gasteiger partial charge in [-0.2, -0.15) is 52.7 Å². The molecule has 0 aromatic heterocycles. The molecule has 0 radical (unpaired) electrons. The molecule has 0 atom stereocenters. The summed E-state index contributed by atoms with van der Waals surface area (Å²) < 4.78 is 214. The maximum atomic E-state index is 14.1. The van der Waals surface area contributed by atoms with Crippen LogP contribution in [0.2, 0.25) is 0 Å². The van der Waals surface area contributed by atoms with Crippen LogP contribution in [0.15, 0.2) is 0 Å². The Hall–Kier alpha value is -2.58. The van der Waals surface area contributed by atoms with Gasteiger partial charge in [-0.1, -0.05) is 0 Å². The van der Waals surface area contributed by atoms with E-state index < -0.39 is 85.7 Å². The third-order valence-electron chi connectivity index (χ3n) is 8.71. The number of nitrogens with zero attached hydrogens (tertiary/aromatic N) is 2. The van der Waals surface area contributed by atoms with Crippen LogP contribution in [0.25, 0.3) is 0 Å². The van der Waals surface area contributed by atoms with Gasteiger partial charge in [0.05, 0.1) is 13.1 Å². The Balaban J connectivity index is 1.99. The lowest BCUT2D eigenvalue weighted by molar-refractivity contribution is -0.340. The molecule has 6 nitrogen and oxygen atoms in total. The molecule has 0 aliphatic heterocycles. The summed E-state index contributed by atoms with van der Waals surface area (Å²) in [6.45, 7) is -5.02. The van der Waals surface area contributed by atoms with Crippen molar-refractivity contribution in [2.24, 2.45) is 11.8 Å². The second-order valence-corrected chi connectivity index (χ2v) is 11.8. The number of hydrogen-bond acceptors (Lipinski definition) is 2. The van der Waals surface area contributed by atoms with Crippen molar-refractivity contribution in [1.82, 2.24) is 9.80 Å². The standard InChI is InChI=1S/C25H30F16N2O4/c26-16(27)22(34,35)24(38,39)20(30,31)10-42(18(44)45)14-5-1-12(2-6-14)9-13-3-7-15(8-4-13)43(19(46)47)11-21(32,33)25(40,41)23(36,37)17(28)29/h12-17H,1-11H2,(H,44,45)(H,46,47). The van der Waals surface area contributed by atoms with E-state index in [1.54, 1.807) is 0 Å². The highest BCUT2D eigenvalue weighted by molar-refractivity contribution is 5.66. The van der Waals surface area contributed by atoms with E-state index in [1.807, 2.05) is 0 Å². The molecule has 2 rings (SSSR count). The van der Waals surface area contributed by atoms with Crippen LogP contribution in [0.5, 0.6) is 0 Å². The fourth-order valence-electron chi connectivity index (χ4n) is 5.95. The van der Waals surface area contributed by atoms with E-state index in [-0.39, 0.29) is 73.0 Å². The zero-order valence-corrected chi connectivity index (χ0v) is 23.9. The predicted molar refractivity (Wildman–Crippen MR) is 127 cm³/mol. The minimum absolute atomic E-state index is 0.0738. The number of carbonyl (C=O) groups is 2. The molecule has 2 aliphatic carbocycles. The molecule has 0 bridgehead atoms. The maximum absolute atomic E-state index is 14.1. The van der Waals surface area contributed by atoms with Gasteiger partial charge < -0.3 is 10.2 Å². The lowest BCUT2D eigenvalue weighted by atomic mass is 9.75. The van der Waals surface area contributed by atoms with Gasteiger partial charge in [0.25, 0.3) is 0 Å². The van der Waals surface area contributed by atoms with Crippen molar-refractivity contribution in [2.45, 2.75) is 118 Å². The van der Waals surface area contributed by atoms with Crippen molar-refractivity contribution in [1.29, 1.82) is 0 Å². The van der Waals surface area contributed by atoms with Crippen molar-refractivity contribution in [3.63, 3.8) is 0 Å². The molecular formula is C25H30F16N2O4. The number of halogens is 16. The Labute approximate surface area is 256 Å². The van der Waals surface area contributed by atoms with Gasteiger partial charge in [0.15, 0.2) is 0 Å². The third kappa shape index (κ3) is 8.18. The molecule has 0 unspecified atom stereocenters. The van der Waals surface area contributed by atoms with Crippen LogP contribution >= 0.6 is 0 Å². The van der Waals surface area contributed by atoms with Crippen molar-refractivity contribution < 1.29 is 90.0 Å². The lowest BCUT2D eigenvalue weighted by Crippen LogP contribution is -2.62. The normalized spacial score (nSPS) is 24.0. The van der Waals surface area contributed by atoms with Crippen LogP contribution in [-0.2, 0) is 0 Å². The average molecular weight is 726 g/mol. The monoisotopic (exact) mass is 726 g/mol. The summed E-state index contributed by atoms with van der Waals surface area (Å²) in [5.41, 5.74) is 0. The number of carboxylic acid groups (broad SMARTS) is 2. The minimum Gasteiger partial charge on any atom is -0.465 e. The molecule has 0 spiro atoms. The van der Waals surface area contributed by atoms with Gasteiger partial charge in [0.2, 0.25) is 0 Å². The van der Waals surface area contributed by atoms with Gasteiger partial charge in [-0.05, 0) is 69.6 Å². The van der Waals surface area contributed by atoms with Crippen molar-refractivity contribution in [3.05, 3.63) is 0 Å². The van der Waals surface area contributed by atoms with Gasteiger partial charge >= 0.3 is 60.6 Å². The van der Waals surface area contributed by atoms with E-state index in [0.29, 0.717) is 6.42 Å².